The van der Waals surface area contributed by atoms with Crippen LogP contribution in [0, 0.1) is 11.8 Å². The molecule has 0 atom stereocenters. The molecule has 0 fully saturated rings. The van der Waals surface area contributed by atoms with Crippen LogP contribution < -0.4 is 0 Å². The zero-order valence-corrected chi connectivity index (χ0v) is 6.46. The van der Waals surface area contributed by atoms with Crippen LogP contribution in [0.2, 0.25) is 0 Å². The van der Waals surface area contributed by atoms with Crippen LogP contribution in [-0.4, -0.2) is 6.61 Å². The van der Waals surface area contributed by atoms with Crippen molar-refractivity contribution < 1.29 is 9.15 Å². The van der Waals surface area contributed by atoms with E-state index in [1.54, 1.807) is 19.5 Å². The molecular formula is C9H10O2. The summed E-state index contributed by atoms with van der Waals surface area (Å²) in [5.74, 6) is 5.56. The molecule has 0 saturated carbocycles. The average molecular weight is 150 g/mol. The largest absolute Gasteiger partial charge is 0.472 e. The molecule has 0 aromatic carbocycles. The fraction of sp³-hybridized carbons (Fsp3) is 0.333. The van der Waals surface area contributed by atoms with Crippen molar-refractivity contribution in [2.45, 2.75) is 13.5 Å². The molecule has 1 aromatic heterocycles. The van der Waals surface area contributed by atoms with Crippen LogP contribution >= 0.6 is 0 Å². The lowest BCUT2D eigenvalue weighted by molar-refractivity contribution is 0.153. The summed E-state index contributed by atoms with van der Waals surface area (Å²) in [5, 5.41) is 0. The van der Waals surface area contributed by atoms with Crippen molar-refractivity contribution in [1.82, 2.24) is 0 Å². The Bertz CT molecular complexity index is 238. The Hall–Kier alpha value is -1.20. The molecule has 0 bridgehead atoms. The lowest BCUT2D eigenvalue weighted by Crippen LogP contribution is -1.90. The molecule has 1 heterocycles. The van der Waals surface area contributed by atoms with E-state index in [9.17, 15) is 0 Å². The van der Waals surface area contributed by atoms with Crippen LogP contribution in [0.4, 0.5) is 0 Å². The number of rotatable bonds is 3. The molecule has 0 aliphatic heterocycles. The summed E-state index contributed by atoms with van der Waals surface area (Å²) < 4.78 is 10.0. The SMILES string of the molecule is CC#CCOCc1ccoc1. The van der Waals surface area contributed by atoms with E-state index in [4.69, 9.17) is 9.15 Å². The van der Waals surface area contributed by atoms with Crippen molar-refractivity contribution in [2.75, 3.05) is 6.61 Å². The van der Waals surface area contributed by atoms with Crippen molar-refractivity contribution in [3.8, 4) is 11.8 Å². The Kier molecular flexibility index (Phi) is 3.30. The molecule has 2 nitrogen and oxygen atoms in total. The lowest BCUT2D eigenvalue weighted by atomic mass is 10.4. The van der Waals surface area contributed by atoms with E-state index in [2.05, 4.69) is 11.8 Å². The first-order valence-electron chi connectivity index (χ1n) is 3.42. The molecule has 58 valence electrons. The van der Waals surface area contributed by atoms with Gasteiger partial charge in [0, 0.05) is 5.56 Å². The second-order valence-corrected chi connectivity index (χ2v) is 2.05. The average Bonchev–Trinajstić information content (AvgIpc) is 2.50. The molecule has 0 spiro atoms. The van der Waals surface area contributed by atoms with Gasteiger partial charge >= 0.3 is 0 Å². The van der Waals surface area contributed by atoms with Gasteiger partial charge in [-0.25, -0.2) is 0 Å². The minimum atomic E-state index is 0.488. The van der Waals surface area contributed by atoms with Crippen LogP contribution in [0.25, 0.3) is 0 Å². The molecule has 0 unspecified atom stereocenters. The minimum Gasteiger partial charge on any atom is -0.472 e. The smallest absolute Gasteiger partial charge is 0.108 e. The van der Waals surface area contributed by atoms with E-state index in [0.717, 1.165) is 5.56 Å². The van der Waals surface area contributed by atoms with Crippen LogP contribution in [0.15, 0.2) is 23.0 Å². The van der Waals surface area contributed by atoms with Crippen LogP contribution in [-0.2, 0) is 11.3 Å². The van der Waals surface area contributed by atoms with Gasteiger partial charge in [0.2, 0.25) is 0 Å². The zero-order chi connectivity index (χ0) is 7.94. The number of hydrogen-bond donors (Lipinski definition) is 0. The molecule has 0 radical (unpaired) electrons. The first kappa shape index (κ1) is 7.90. The summed E-state index contributed by atoms with van der Waals surface area (Å²) in [6, 6.07) is 1.87. The zero-order valence-electron chi connectivity index (χ0n) is 6.46. The van der Waals surface area contributed by atoms with Gasteiger partial charge in [0.15, 0.2) is 0 Å². The topological polar surface area (TPSA) is 22.4 Å². The third-order valence-corrected chi connectivity index (χ3v) is 1.20. The Morgan fingerprint density at radius 3 is 3.18 bits per heavy atom. The second-order valence-electron chi connectivity index (χ2n) is 2.05. The van der Waals surface area contributed by atoms with E-state index in [1.807, 2.05) is 6.07 Å². The van der Waals surface area contributed by atoms with Crippen molar-refractivity contribution in [3.05, 3.63) is 24.2 Å². The van der Waals surface area contributed by atoms with E-state index < -0.39 is 0 Å². The Labute approximate surface area is 66.2 Å². The fourth-order valence-corrected chi connectivity index (χ4v) is 0.667. The molecule has 0 amide bonds. The summed E-state index contributed by atoms with van der Waals surface area (Å²) in [5.41, 5.74) is 1.04. The van der Waals surface area contributed by atoms with Crippen molar-refractivity contribution in [1.29, 1.82) is 0 Å². The minimum absolute atomic E-state index is 0.488. The van der Waals surface area contributed by atoms with Gasteiger partial charge in [-0.15, -0.1) is 5.92 Å². The number of furan rings is 1. The predicted octanol–water partition coefficient (Wildman–Crippen LogP) is 1.82. The molecule has 1 aromatic rings. The maximum Gasteiger partial charge on any atom is 0.108 e. The van der Waals surface area contributed by atoms with E-state index in [-0.39, 0.29) is 0 Å². The highest BCUT2D eigenvalue weighted by Crippen LogP contribution is 2.00. The van der Waals surface area contributed by atoms with Gasteiger partial charge < -0.3 is 9.15 Å². The van der Waals surface area contributed by atoms with Gasteiger partial charge in [0.05, 0.1) is 19.1 Å². The standard InChI is InChI=1S/C9H10O2/c1-2-3-5-10-7-9-4-6-11-8-9/h4,6,8H,5,7H2,1H3. The summed E-state index contributed by atoms with van der Waals surface area (Å²) in [4.78, 5) is 0. The molecule has 0 aliphatic rings. The van der Waals surface area contributed by atoms with E-state index >= 15 is 0 Å². The van der Waals surface area contributed by atoms with Gasteiger partial charge in [0.25, 0.3) is 0 Å². The van der Waals surface area contributed by atoms with Crippen LogP contribution in [0.3, 0.4) is 0 Å². The molecule has 2 heteroatoms. The van der Waals surface area contributed by atoms with E-state index in [0.29, 0.717) is 13.2 Å². The number of hydrogen-bond acceptors (Lipinski definition) is 2. The summed E-state index contributed by atoms with van der Waals surface area (Å²) in [6.07, 6.45) is 3.30. The van der Waals surface area contributed by atoms with Crippen LogP contribution in [0.1, 0.15) is 12.5 Å². The van der Waals surface area contributed by atoms with Crippen molar-refractivity contribution in [3.63, 3.8) is 0 Å². The van der Waals surface area contributed by atoms with Gasteiger partial charge in [-0.3, -0.25) is 0 Å². The highest BCUT2D eigenvalue weighted by atomic mass is 16.5. The van der Waals surface area contributed by atoms with Gasteiger partial charge in [-0.05, 0) is 13.0 Å². The molecule has 11 heavy (non-hydrogen) atoms. The Morgan fingerprint density at radius 1 is 1.64 bits per heavy atom. The first-order chi connectivity index (χ1) is 5.43. The third kappa shape index (κ3) is 2.92. The molecule has 0 N–H and O–H groups in total. The molecule has 0 aliphatic carbocycles. The second kappa shape index (κ2) is 4.59. The summed E-state index contributed by atoms with van der Waals surface area (Å²) >= 11 is 0. The maximum absolute atomic E-state index is 5.18. The molecular weight excluding hydrogens is 140 g/mol. The molecule has 1 rings (SSSR count). The molecule has 0 saturated heterocycles. The van der Waals surface area contributed by atoms with E-state index in [1.165, 1.54) is 0 Å². The van der Waals surface area contributed by atoms with Gasteiger partial charge in [-0.1, -0.05) is 5.92 Å². The number of ether oxygens (including phenoxy) is 1. The highest BCUT2D eigenvalue weighted by Gasteiger charge is 1.91. The van der Waals surface area contributed by atoms with Gasteiger partial charge in [0.1, 0.15) is 6.61 Å². The fourth-order valence-electron chi connectivity index (χ4n) is 0.667. The monoisotopic (exact) mass is 150 g/mol. The quantitative estimate of drug-likeness (QED) is 0.484. The third-order valence-electron chi connectivity index (χ3n) is 1.20. The Balaban J connectivity index is 2.17. The van der Waals surface area contributed by atoms with Crippen molar-refractivity contribution >= 4 is 0 Å². The Morgan fingerprint density at radius 2 is 2.55 bits per heavy atom. The van der Waals surface area contributed by atoms with Crippen LogP contribution in [0.5, 0.6) is 0 Å². The highest BCUT2D eigenvalue weighted by molar-refractivity contribution is 5.03. The summed E-state index contributed by atoms with van der Waals surface area (Å²) in [6.45, 7) is 2.86. The lowest BCUT2D eigenvalue weighted by Gasteiger charge is -1.93. The normalized spacial score (nSPS) is 8.82. The van der Waals surface area contributed by atoms with Gasteiger partial charge in [-0.2, -0.15) is 0 Å². The van der Waals surface area contributed by atoms with Crippen molar-refractivity contribution in [2.24, 2.45) is 0 Å². The predicted molar refractivity (Wildman–Crippen MR) is 41.8 cm³/mol. The first-order valence-corrected chi connectivity index (χ1v) is 3.42. The maximum atomic E-state index is 5.18. The summed E-state index contributed by atoms with van der Waals surface area (Å²) in [7, 11) is 0.